The first kappa shape index (κ1) is 19.4. The van der Waals surface area contributed by atoms with Gasteiger partial charge in [0.2, 0.25) is 5.88 Å². The van der Waals surface area contributed by atoms with Crippen LogP contribution in [0.4, 0.5) is 4.39 Å². The number of guanidine groups is 1. The molecule has 0 atom stereocenters. The summed E-state index contributed by atoms with van der Waals surface area (Å²) in [7, 11) is 0. The molecule has 134 valence electrons. The Bertz CT molecular complexity index is 723. The fraction of sp³-hybridized carbons (Fsp3) is 0.294. The van der Waals surface area contributed by atoms with E-state index in [1.165, 1.54) is 12.1 Å². The summed E-state index contributed by atoms with van der Waals surface area (Å²) in [5.74, 6) is 0.889. The number of nitrogens with two attached hydrogens (primary N) is 1. The van der Waals surface area contributed by atoms with Gasteiger partial charge in [-0.25, -0.2) is 14.4 Å². The Labute approximate surface area is 162 Å². The summed E-state index contributed by atoms with van der Waals surface area (Å²) in [6.45, 7) is 3.10. The Kier molecular flexibility index (Phi) is 7.38. The summed E-state index contributed by atoms with van der Waals surface area (Å²) in [4.78, 5) is 10.6. The van der Waals surface area contributed by atoms with E-state index in [0.29, 0.717) is 37.3 Å². The topological polar surface area (TPSA) is 73.0 Å². The van der Waals surface area contributed by atoms with Crippen molar-refractivity contribution in [3.63, 3.8) is 0 Å². The van der Waals surface area contributed by atoms with E-state index >= 15 is 0 Å². The Morgan fingerprint density at radius 1 is 1.28 bits per heavy atom. The van der Waals surface area contributed by atoms with E-state index in [1.807, 2.05) is 11.0 Å². The molecule has 0 saturated carbocycles. The van der Waals surface area contributed by atoms with E-state index in [9.17, 15) is 4.39 Å². The number of aliphatic imine (C=N–C) groups is 1. The van der Waals surface area contributed by atoms with Crippen LogP contribution < -0.4 is 10.5 Å². The van der Waals surface area contributed by atoms with Gasteiger partial charge in [-0.1, -0.05) is 12.1 Å². The van der Waals surface area contributed by atoms with Crippen LogP contribution in [0.5, 0.6) is 11.6 Å². The first-order valence-corrected chi connectivity index (χ1v) is 7.72. The molecule has 2 heterocycles. The fourth-order valence-corrected chi connectivity index (χ4v) is 2.34. The van der Waals surface area contributed by atoms with Crippen molar-refractivity contribution in [2.45, 2.75) is 6.54 Å². The molecule has 1 aromatic carbocycles. The van der Waals surface area contributed by atoms with Crippen molar-refractivity contribution in [1.29, 1.82) is 0 Å². The summed E-state index contributed by atoms with van der Waals surface area (Å²) in [5, 5.41) is 0. The van der Waals surface area contributed by atoms with Gasteiger partial charge in [-0.2, -0.15) is 0 Å². The predicted octanol–water partition coefficient (Wildman–Crippen LogP) is 2.78. The van der Waals surface area contributed by atoms with Gasteiger partial charge in [-0.3, -0.25) is 0 Å². The number of halogens is 2. The maximum absolute atomic E-state index is 13.3. The smallest absolute Gasteiger partial charge is 0.224 e. The minimum absolute atomic E-state index is 0. The van der Waals surface area contributed by atoms with E-state index in [4.69, 9.17) is 15.2 Å². The largest absolute Gasteiger partial charge is 0.439 e. The lowest BCUT2D eigenvalue weighted by Crippen LogP contribution is -2.44. The maximum Gasteiger partial charge on any atom is 0.224 e. The molecule has 1 aliphatic rings. The highest BCUT2D eigenvalue weighted by Gasteiger charge is 2.13. The lowest BCUT2D eigenvalue weighted by Gasteiger charge is -2.27. The van der Waals surface area contributed by atoms with Crippen molar-refractivity contribution >= 4 is 29.9 Å². The summed E-state index contributed by atoms with van der Waals surface area (Å²) >= 11 is 0. The molecule has 1 saturated heterocycles. The molecule has 0 unspecified atom stereocenters. The molecule has 1 aliphatic heterocycles. The Hall–Kier alpha value is -1.94. The number of rotatable bonds is 4. The molecule has 8 heteroatoms. The van der Waals surface area contributed by atoms with Gasteiger partial charge in [-0.15, -0.1) is 24.0 Å². The van der Waals surface area contributed by atoms with Crippen LogP contribution in [0.2, 0.25) is 0 Å². The molecule has 0 amide bonds. The van der Waals surface area contributed by atoms with Crippen LogP contribution in [-0.4, -0.2) is 42.1 Å². The maximum atomic E-state index is 13.3. The molecule has 2 N–H and O–H groups in total. The molecule has 0 aliphatic carbocycles. The number of benzene rings is 1. The Morgan fingerprint density at radius 3 is 2.84 bits per heavy atom. The first-order valence-electron chi connectivity index (χ1n) is 7.72. The van der Waals surface area contributed by atoms with E-state index < -0.39 is 0 Å². The lowest BCUT2D eigenvalue weighted by molar-refractivity contribution is 0.0674. The highest BCUT2D eigenvalue weighted by atomic mass is 127. The quantitative estimate of drug-likeness (QED) is 0.434. The van der Waals surface area contributed by atoms with Gasteiger partial charge in [0, 0.05) is 30.9 Å². The molecule has 2 aromatic rings. The first-order chi connectivity index (χ1) is 11.7. The van der Waals surface area contributed by atoms with Crippen LogP contribution in [-0.2, 0) is 11.3 Å². The van der Waals surface area contributed by atoms with Crippen LogP contribution in [0.3, 0.4) is 0 Å². The Morgan fingerprint density at radius 2 is 2.08 bits per heavy atom. The molecular weight excluding hydrogens is 438 g/mol. The van der Waals surface area contributed by atoms with Crippen LogP contribution in [0.15, 0.2) is 47.6 Å². The SMILES string of the molecule is I.NC(=NCc1cccnc1Oc1cccc(F)c1)N1CCOCC1. The number of nitrogens with zero attached hydrogens (tertiary/aromatic N) is 3. The van der Waals surface area contributed by atoms with Gasteiger partial charge in [0.05, 0.1) is 19.8 Å². The van der Waals surface area contributed by atoms with Gasteiger partial charge in [0.15, 0.2) is 5.96 Å². The van der Waals surface area contributed by atoms with Crippen LogP contribution >= 0.6 is 24.0 Å². The molecule has 1 aromatic heterocycles. The van der Waals surface area contributed by atoms with E-state index in [2.05, 4.69) is 9.98 Å². The van der Waals surface area contributed by atoms with Gasteiger partial charge < -0.3 is 20.1 Å². The van der Waals surface area contributed by atoms with Gasteiger partial charge >= 0.3 is 0 Å². The number of hydrogen-bond acceptors (Lipinski definition) is 4. The van der Waals surface area contributed by atoms with Crippen molar-refractivity contribution in [3.05, 3.63) is 54.0 Å². The highest BCUT2D eigenvalue weighted by molar-refractivity contribution is 14.0. The summed E-state index contributed by atoms with van der Waals surface area (Å²) < 4.78 is 24.2. The molecule has 0 radical (unpaired) electrons. The predicted molar refractivity (Wildman–Crippen MR) is 104 cm³/mol. The van der Waals surface area contributed by atoms with E-state index in [1.54, 1.807) is 24.4 Å². The molecule has 6 nitrogen and oxygen atoms in total. The molecular formula is C17H20FIN4O2. The summed E-state index contributed by atoms with van der Waals surface area (Å²) in [6, 6.07) is 9.59. The van der Waals surface area contributed by atoms with Crippen molar-refractivity contribution < 1.29 is 13.9 Å². The third-order valence-electron chi connectivity index (χ3n) is 3.61. The third-order valence-corrected chi connectivity index (χ3v) is 3.61. The van der Waals surface area contributed by atoms with Crippen molar-refractivity contribution in [1.82, 2.24) is 9.88 Å². The van der Waals surface area contributed by atoms with Crippen molar-refractivity contribution in [2.75, 3.05) is 26.3 Å². The second kappa shape index (κ2) is 9.52. The zero-order valence-corrected chi connectivity index (χ0v) is 15.9. The molecule has 0 bridgehead atoms. The van der Waals surface area contributed by atoms with Crippen molar-refractivity contribution in [2.24, 2.45) is 10.7 Å². The van der Waals surface area contributed by atoms with Gasteiger partial charge in [0.25, 0.3) is 0 Å². The van der Waals surface area contributed by atoms with Gasteiger partial charge in [-0.05, 0) is 18.2 Å². The van der Waals surface area contributed by atoms with Crippen molar-refractivity contribution in [3.8, 4) is 11.6 Å². The molecule has 1 fully saturated rings. The van der Waals surface area contributed by atoms with Crippen LogP contribution in [0, 0.1) is 5.82 Å². The monoisotopic (exact) mass is 458 g/mol. The fourth-order valence-electron chi connectivity index (χ4n) is 2.34. The minimum atomic E-state index is -0.362. The number of hydrogen-bond donors (Lipinski definition) is 1. The molecule has 25 heavy (non-hydrogen) atoms. The zero-order valence-electron chi connectivity index (χ0n) is 13.6. The number of morpholine rings is 1. The third kappa shape index (κ3) is 5.53. The van der Waals surface area contributed by atoms with E-state index in [0.717, 1.165) is 18.7 Å². The zero-order chi connectivity index (χ0) is 16.8. The number of pyridine rings is 1. The Balaban J connectivity index is 0.00000225. The minimum Gasteiger partial charge on any atom is -0.439 e. The van der Waals surface area contributed by atoms with Gasteiger partial charge in [0.1, 0.15) is 11.6 Å². The number of ether oxygens (including phenoxy) is 2. The van der Waals surface area contributed by atoms with Crippen LogP contribution in [0.1, 0.15) is 5.56 Å². The highest BCUT2D eigenvalue weighted by Crippen LogP contribution is 2.24. The lowest BCUT2D eigenvalue weighted by atomic mass is 10.2. The summed E-state index contributed by atoms with van der Waals surface area (Å²) in [5.41, 5.74) is 6.80. The number of aromatic nitrogens is 1. The molecule has 3 rings (SSSR count). The average molecular weight is 458 g/mol. The normalized spacial score (nSPS) is 14.8. The van der Waals surface area contributed by atoms with E-state index in [-0.39, 0.29) is 29.8 Å². The summed E-state index contributed by atoms with van der Waals surface area (Å²) in [6.07, 6.45) is 1.62. The molecule has 0 spiro atoms. The van der Waals surface area contributed by atoms with Crippen LogP contribution in [0.25, 0.3) is 0 Å². The average Bonchev–Trinajstić information content (AvgIpc) is 2.61. The second-order valence-electron chi connectivity index (χ2n) is 5.30. The standard InChI is InChI=1S/C17H19FN4O2.HI/c18-14-4-1-5-15(11-14)24-16-13(3-2-6-20-16)12-21-17(19)22-7-9-23-10-8-22;/h1-6,11H,7-10,12H2,(H2,19,21);1H. The second-order valence-corrected chi connectivity index (χ2v) is 5.30.